The van der Waals surface area contributed by atoms with Crippen LogP contribution in [0.2, 0.25) is 0 Å². The zero-order chi connectivity index (χ0) is 13.8. The van der Waals surface area contributed by atoms with Crippen LogP contribution in [0.4, 0.5) is 0 Å². The minimum atomic E-state index is -0.0752. The van der Waals surface area contributed by atoms with E-state index in [1.807, 2.05) is 17.5 Å². The Morgan fingerprint density at radius 3 is 2.63 bits per heavy atom. The zero-order valence-corrected chi connectivity index (χ0v) is 13.2. The average molecular weight is 339 g/mol. The van der Waals surface area contributed by atoms with Crippen LogP contribution < -0.4 is 5.32 Å². The van der Waals surface area contributed by atoms with E-state index in [0.717, 1.165) is 15.2 Å². The molecule has 2 rings (SSSR count). The van der Waals surface area contributed by atoms with Crippen LogP contribution in [-0.2, 0) is 6.54 Å². The molecule has 19 heavy (non-hydrogen) atoms. The van der Waals surface area contributed by atoms with Gasteiger partial charge in [-0.25, -0.2) is 4.98 Å². The molecule has 1 heterocycles. The third-order valence-electron chi connectivity index (χ3n) is 2.67. The topological polar surface area (TPSA) is 42.0 Å². The van der Waals surface area contributed by atoms with Crippen molar-refractivity contribution in [1.29, 1.82) is 0 Å². The third kappa shape index (κ3) is 3.88. The number of aromatic nitrogens is 1. The molecule has 0 fully saturated rings. The first-order valence-corrected chi connectivity index (χ1v) is 7.71. The Morgan fingerprint density at radius 2 is 2.05 bits per heavy atom. The molecule has 0 atom stereocenters. The van der Waals surface area contributed by atoms with Crippen molar-refractivity contribution in [3.8, 4) is 0 Å². The lowest BCUT2D eigenvalue weighted by Gasteiger charge is -2.03. The molecule has 0 bridgehead atoms. The minimum Gasteiger partial charge on any atom is -0.346 e. The van der Waals surface area contributed by atoms with Crippen molar-refractivity contribution in [1.82, 2.24) is 10.3 Å². The molecule has 100 valence electrons. The average Bonchev–Trinajstić information content (AvgIpc) is 2.86. The number of hydrogen-bond donors (Lipinski definition) is 1. The van der Waals surface area contributed by atoms with Gasteiger partial charge in [0.15, 0.2) is 0 Å². The van der Waals surface area contributed by atoms with Crippen molar-refractivity contribution >= 4 is 33.2 Å². The SMILES string of the molecule is CC(C)c1csc(CNC(=O)c2ccc(Br)cc2)n1. The number of carbonyl (C=O) groups excluding carboxylic acids is 1. The van der Waals surface area contributed by atoms with Gasteiger partial charge in [0.1, 0.15) is 5.01 Å². The second-order valence-corrected chi connectivity index (χ2v) is 6.37. The Balaban J connectivity index is 1.94. The summed E-state index contributed by atoms with van der Waals surface area (Å²) in [5.41, 5.74) is 1.74. The molecule has 0 saturated heterocycles. The second kappa shape index (κ2) is 6.30. The maximum atomic E-state index is 11.9. The Labute approximate surface area is 125 Å². The van der Waals surface area contributed by atoms with Crippen molar-refractivity contribution in [3.05, 3.63) is 50.4 Å². The highest BCUT2D eigenvalue weighted by Crippen LogP contribution is 2.17. The van der Waals surface area contributed by atoms with Gasteiger partial charge < -0.3 is 5.32 Å². The van der Waals surface area contributed by atoms with Crippen LogP contribution in [0, 0.1) is 0 Å². The summed E-state index contributed by atoms with van der Waals surface area (Å²) >= 11 is 4.93. The van der Waals surface area contributed by atoms with Crippen molar-refractivity contribution in [2.75, 3.05) is 0 Å². The Bertz CT molecular complexity index is 563. The summed E-state index contributed by atoms with van der Waals surface area (Å²) < 4.78 is 0.963. The predicted molar refractivity (Wildman–Crippen MR) is 81.5 cm³/mol. The van der Waals surface area contributed by atoms with Crippen LogP contribution in [0.1, 0.15) is 40.8 Å². The maximum absolute atomic E-state index is 11.9. The summed E-state index contributed by atoms with van der Waals surface area (Å²) in [7, 11) is 0. The summed E-state index contributed by atoms with van der Waals surface area (Å²) in [4.78, 5) is 16.4. The lowest BCUT2D eigenvalue weighted by molar-refractivity contribution is 0.0951. The summed E-state index contributed by atoms with van der Waals surface area (Å²) in [6.07, 6.45) is 0. The van der Waals surface area contributed by atoms with E-state index in [4.69, 9.17) is 0 Å². The number of thiazole rings is 1. The molecule has 1 amide bonds. The fourth-order valence-electron chi connectivity index (χ4n) is 1.53. The first-order chi connectivity index (χ1) is 9.06. The third-order valence-corrected chi connectivity index (χ3v) is 4.06. The van der Waals surface area contributed by atoms with Crippen LogP contribution in [0.25, 0.3) is 0 Å². The minimum absolute atomic E-state index is 0.0752. The number of rotatable bonds is 4. The van der Waals surface area contributed by atoms with Gasteiger partial charge in [-0.2, -0.15) is 0 Å². The fourth-order valence-corrected chi connectivity index (χ4v) is 2.69. The number of nitrogens with one attached hydrogen (secondary N) is 1. The van der Waals surface area contributed by atoms with Crippen LogP contribution >= 0.6 is 27.3 Å². The summed E-state index contributed by atoms with van der Waals surface area (Å²) in [6, 6.07) is 7.30. The molecule has 0 aliphatic heterocycles. The van der Waals surface area contributed by atoms with E-state index >= 15 is 0 Å². The largest absolute Gasteiger partial charge is 0.346 e. The first-order valence-electron chi connectivity index (χ1n) is 6.04. The predicted octanol–water partition coefficient (Wildman–Crippen LogP) is 3.96. The van der Waals surface area contributed by atoms with Crippen LogP contribution in [0.5, 0.6) is 0 Å². The van der Waals surface area contributed by atoms with Crippen LogP contribution in [0.15, 0.2) is 34.1 Å². The summed E-state index contributed by atoms with van der Waals surface area (Å²) in [5.74, 6) is 0.348. The van der Waals surface area contributed by atoms with Crippen molar-refractivity contribution in [2.24, 2.45) is 0 Å². The van der Waals surface area contributed by atoms with E-state index in [-0.39, 0.29) is 5.91 Å². The van der Waals surface area contributed by atoms with E-state index in [1.165, 1.54) is 0 Å². The number of carbonyl (C=O) groups is 1. The smallest absolute Gasteiger partial charge is 0.251 e. The first kappa shape index (κ1) is 14.2. The molecule has 5 heteroatoms. The van der Waals surface area contributed by atoms with Gasteiger partial charge in [-0.15, -0.1) is 11.3 Å². The Kier molecular flexibility index (Phi) is 4.71. The quantitative estimate of drug-likeness (QED) is 0.916. The maximum Gasteiger partial charge on any atom is 0.251 e. The van der Waals surface area contributed by atoms with Gasteiger partial charge in [-0.1, -0.05) is 29.8 Å². The molecule has 0 radical (unpaired) electrons. The van der Waals surface area contributed by atoms with Gasteiger partial charge in [0, 0.05) is 15.4 Å². The second-order valence-electron chi connectivity index (χ2n) is 4.51. The lowest BCUT2D eigenvalue weighted by atomic mass is 10.2. The van der Waals surface area contributed by atoms with Gasteiger partial charge in [0.2, 0.25) is 0 Å². The zero-order valence-electron chi connectivity index (χ0n) is 10.8. The lowest BCUT2D eigenvalue weighted by Crippen LogP contribution is -2.22. The molecule has 0 aliphatic rings. The standard InChI is InChI=1S/C14H15BrN2OS/c1-9(2)12-8-19-13(17-12)7-16-14(18)10-3-5-11(15)6-4-10/h3-6,8-9H,7H2,1-2H3,(H,16,18). The summed E-state index contributed by atoms with van der Waals surface area (Å²) in [6.45, 7) is 4.70. The van der Waals surface area contributed by atoms with E-state index in [9.17, 15) is 4.79 Å². The highest BCUT2D eigenvalue weighted by atomic mass is 79.9. The molecule has 3 nitrogen and oxygen atoms in total. The number of halogens is 1. The van der Waals surface area contributed by atoms with Gasteiger partial charge in [0.25, 0.3) is 5.91 Å². The fraction of sp³-hybridized carbons (Fsp3) is 0.286. The van der Waals surface area contributed by atoms with E-state index < -0.39 is 0 Å². The number of benzene rings is 1. The Morgan fingerprint density at radius 1 is 1.37 bits per heavy atom. The Hall–Kier alpha value is -1.20. The number of nitrogens with zero attached hydrogens (tertiary/aromatic N) is 1. The molecule has 0 aliphatic carbocycles. The molecule has 2 aromatic rings. The monoisotopic (exact) mass is 338 g/mol. The van der Waals surface area contributed by atoms with Crippen molar-refractivity contribution in [3.63, 3.8) is 0 Å². The molecule has 1 aromatic heterocycles. The molecule has 0 spiro atoms. The highest BCUT2D eigenvalue weighted by molar-refractivity contribution is 9.10. The van der Waals surface area contributed by atoms with Crippen molar-refractivity contribution in [2.45, 2.75) is 26.3 Å². The van der Waals surface area contributed by atoms with Crippen LogP contribution in [0.3, 0.4) is 0 Å². The molecule has 0 saturated carbocycles. The molecular weight excluding hydrogens is 324 g/mol. The van der Waals surface area contributed by atoms with Crippen LogP contribution in [-0.4, -0.2) is 10.9 Å². The summed E-state index contributed by atoms with van der Waals surface area (Å²) in [5, 5.41) is 5.87. The van der Waals surface area contributed by atoms with E-state index in [1.54, 1.807) is 23.5 Å². The molecule has 0 unspecified atom stereocenters. The number of amides is 1. The highest BCUT2D eigenvalue weighted by Gasteiger charge is 2.08. The van der Waals surface area contributed by atoms with Gasteiger partial charge >= 0.3 is 0 Å². The van der Waals surface area contributed by atoms with E-state index in [0.29, 0.717) is 18.0 Å². The van der Waals surface area contributed by atoms with Gasteiger partial charge in [-0.3, -0.25) is 4.79 Å². The molecule has 1 aromatic carbocycles. The normalized spacial score (nSPS) is 10.7. The molecular formula is C14H15BrN2OS. The van der Waals surface area contributed by atoms with Gasteiger partial charge in [-0.05, 0) is 30.2 Å². The van der Waals surface area contributed by atoms with E-state index in [2.05, 4.69) is 40.1 Å². The van der Waals surface area contributed by atoms with Crippen molar-refractivity contribution < 1.29 is 4.79 Å². The van der Waals surface area contributed by atoms with Gasteiger partial charge in [0.05, 0.1) is 12.2 Å². The number of hydrogen-bond acceptors (Lipinski definition) is 3. The molecule has 1 N–H and O–H groups in total.